The smallest absolute Gasteiger partial charge is 0.123 e. The van der Waals surface area contributed by atoms with Crippen molar-refractivity contribution in [2.75, 3.05) is 0 Å². The van der Waals surface area contributed by atoms with Crippen LogP contribution in [-0.4, -0.2) is 0 Å². The molecule has 18 heavy (non-hydrogen) atoms. The minimum atomic E-state index is -0.185. The van der Waals surface area contributed by atoms with Gasteiger partial charge >= 0.3 is 0 Å². The first-order chi connectivity index (χ1) is 8.35. The van der Waals surface area contributed by atoms with Crippen molar-refractivity contribution < 1.29 is 4.39 Å². The monoisotopic (exact) mass is 265 g/mol. The van der Waals surface area contributed by atoms with E-state index >= 15 is 0 Å². The summed E-state index contributed by atoms with van der Waals surface area (Å²) in [6.07, 6.45) is 2.07. The Morgan fingerprint density at radius 2 is 2.00 bits per heavy atom. The van der Waals surface area contributed by atoms with E-state index in [0.29, 0.717) is 5.41 Å². The first-order valence-electron chi connectivity index (χ1n) is 6.30. The molecule has 0 aliphatic carbocycles. The summed E-state index contributed by atoms with van der Waals surface area (Å²) in [5.74, 6) is -0.185. The SMILES string of the molecule is CC(C)(C)CCC(N)c1cc2cc(F)ccc2s1. The Hall–Kier alpha value is -0.930. The first kappa shape index (κ1) is 13.5. The van der Waals surface area contributed by atoms with Crippen LogP contribution in [0.1, 0.15) is 44.5 Å². The fraction of sp³-hybridized carbons (Fsp3) is 0.467. The Labute approximate surface area is 112 Å². The highest BCUT2D eigenvalue weighted by Crippen LogP contribution is 2.33. The minimum Gasteiger partial charge on any atom is -0.323 e. The summed E-state index contributed by atoms with van der Waals surface area (Å²) >= 11 is 1.67. The lowest BCUT2D eigenvalue weighted by molar-refractivity contribution is 0.351. The largest absolute Gasteiger partial charge is 0.323 e. The van der Waals surface area contributed by atoms with E-state index in [1.165, 1.54) is 6.07 Å². The van der Waals surface area contributed by atoms with Crippen LogP contribution >= 0.6 is 11.3 Å². The van der Waals surface area contributed by atoms with E-state index in [1.54, 1.807) is 17.4 Å². The van der Waals surface area contributed by atoms with Crippen LogP contribution in [0.25, 0.3) is 10.1 Å². The van der Waals surface area contributed by atoms with Crippen LogP contribution in [0.15, 0.2) is 24.3 Å². The van der Waals surface area contributed by atoms with Crippen molar-refractivity contribution in [3.8, 4) is 0 Å². The van der Waals surface area contributed by atoms with E-state index in [9.17, 15) is 4.39 Å². The van der Waals surface area contributed by atoms with E-state index in [2.05, 4.69) is 20.8 Å². The molecule has 3 heteroatoms. The lowest BCUT2D eigenvalue weighted by atomic mass is 9.88. The topological polar surface area (TPSA) is 26.0 Å². The highest BCUT2D eigenvalue weighted by atomic mass is 32.1. The third-order valence-corrected chi connectivity index (χ3v) is 4.32. The molecule has 0 radical (unpaired) electrons. The van der Waals surface area contributed by atoms with Crippen LogP contribution in [0.4, 0.5) is 4.39 Å². The average Bonchev–Trinajstić information content (AvgIpc) is 2.67. The van der Waals surface area contributed by atoms with Gasteiger partial charge in [0.1, 0.15) is 5.82 Å². The molecule has 1 heterocycles. The number of benzene rings is 1. The quantitative estimate of drug-likeness (QED) is 0.842. The Morgan fingerprint density at radius 1 is 1.28 bits per heavy atom. The number of halogens is 1. The Balaban J connectivity index is 2.15. The predicted molar refractivity (Wildman–Crippen MR) is 77.4 cm³/mol. The zero-order valence-electron chi connectivity index (χ0n) is 11.2. The molecular formula is C15H20FNS. The van der Waals surface area contributed by atoms with E-state index in [4.69, 9.17) is 5.73 Å². The van der Waals surface area contributed by atoms with Crippen LogP contribution < -0.4 is 5.73 Å². The molecule has 1 aromatic heterocycles. The maximum absolute atomic E-state index is 13.1. The van der Waals surface area contributed by atoms with Crippen molar-refractivity contribution in [2.24, 2.45) is 11.1 Å². The first-order valence-corrected chi connectivity index (χ1v) is 7.11. The summed E-state index contributed by atoms with van der Waals surface area (Å²) < 4.78 is 14.2. The highest BCUT2D eigenvalue weighted by molar-refractivity contribution is 7.19. The minimum absolute atomic E-state index is 0.0599. The van der Waals surface area contributed by atoms with Gasteiger partial charge in [0.15, 0.2) is 0 Å². The summed E-state index contributed by atoms with van der Waals surface area (Å²) in [6, 6.07) is 6.99. The van der Waals surface area contributed by atoms with Crippen molar-refractivity contribution >= 4 is 21.4 Å². The van der Waals surface area contributed by atoms with Crippen LogP contribution in [0.3, 0.4) is 0 Å². The van der Waals surface area contributed by atoms with Gasteiger partial charge in [-0.25, -0.2) is 4.39 Å². The Bertz CT molecular complexity index is 539. The van der Waals surface area contributed by atoms with Gasteiger partial charge in [-0.05, 0) is 47.9 Å². The molecule has 0 saturated heterocycles. The molecule has 0 fully saturated rings. The molecule has 0 aliphatic heterocycles. The van der Waals surface area contributed by atoms with Crippen molar-refractivity contribution in [1.29, 1.82) is 0 Å². The summed E-state index contributed by atoms with van der Waals surface area (Å²) in [6.45, 7) is 6.67. The van der Waals surface area contributed by atoms with E-state index < -0.39 is 0 Å². The van der Waals surface area contributed by atoms with Gasteiger partial charge in [-0.2, -0.15) is 0 Å². The Kier molecular flexibility index (Phi) is 3.74. The zero-order valence-corrected chi connectivity index (χ0v) is 12.0. The highest BCUT2D eigenvalue weighted by Gasteiger charge is 2.15. The van der Waals surface area contributed by atoms with Crippen molar-refractivity contribution in [2.45, 2.75) is 39.7 Å². The van der Waals surface area contributed by atoms with E-state index in [0.717, 1.165) is 27.8 Å². The molecule has 2 aromatic rings. The molecule has 1 unspecified atom stereocenters. The van der Waals surface area contributed by atoms with Gasteiger partial charge < -0.3 is 5.73 Å². The summed E-state index contributed by atoms with van der Waals surface area (Å²) in [5, 5.41) is 0.959. The number of rotatable bonds is 3. The second-order valence-corrected chi connectivity index (χ2v) is 7.15. The molecule has 0 aliphatic rings. The lowest BCUT2D eigenvalue weighted by Gasteiger charge is -2.20. The number of thiophene rings is 1. The normalized spacial score (nSPS) is 14.1. The van der Waals surface area contributed by atoms with Crippen molar-refractivity contribution in [3.05, 3.63) is 35.0 Å². The van der Waals surface area contributed by atoms with Gasteiger partial charge in [-0.15, -0.1) is 11.3 Å². The molecule has 1 atom stereocenters. The summed E-state index contributed by atoms with van der Waals surface area (Å²) in [5.41, 5.74) is 6.53. The fourth-order valence-corrected chi connectivity index (χ4v) is 3.03. The molecular weight excluding hydrogens is 245 g/mol. The van der Waals surface area contributed by atoms with Gasteiger partial charge in [-0.3, -0.25) is 0 Å². The fourth-order valence-electron chi connectivity index (χ4n) is 1.95. The number of nitrogens with two attached hydrogens (primary N) is 1. The van der Waals surface area contributed by atoms with Crippen LogP contribution in [0.2, 0.25) is 0 Å². The molecule has 0 spiro atoms. The standard InChI is InChI=1S/C15H20FNS/c1-15(2,3)7-6-12(17)14-9-10-8-11(16)4-5-13(10)18-14/h4-5,8-9,12H,6-7,17H2,1-3H3. The van der Waals surface area contributed by atoms with Gasteiger partial charge in [0.25, 0.3) is 0 Å². The lowest BCUT2D eigenvalue weighted by Crippen LogP contribution is -2.13. The number of hydrogen-bond donors (Lipinski definition) is 1. The van der Waals surface area contributed by atoms with Crippen molar-refractivity contribution in [3.63, 3.8) is 0 Å². The molecule has 1 nitrogen and oxygen atoms in total. The molecule has 98 valence electrons. The third-order valence-electron chi connectivity index (χ3n) is 3.07. The molecule has 2 N–H and O–H groups in total. The van der Waals surface area contributed by atoms with Gasteiger partial charge in [0.05, 0.1) is 0 Å². The van der Waals surface area contributed by atoms with Gasteiger partial charge in [0.2, 0.25) is 0 Å². The number of hydrogen-bond acceptors (Lipinski definition) is 2. The molecule has 0 bridgehead atoms. The maximum Gasteiger partial charge on any atom is 0.123 e. The van der Waals surface area contributed by atoms with Crippen molar-refractivity contribution in [1.82, 2.24) is 0 Å². The van der Waals surface area contributed by atoms with E-state index in [-0.39, 0.29) is 11.9 Å². The Morgan fingerprint density at radius 3 is 2.67 bits per heavy atom. The van der Waals surface area contributed by atoms with Crippen LogP contribution in [0.5, 0.6) is 0 Å². The molecule has 0 amide bonds. The second kappa shape index (κ2) is 4.98. The second-order valence-electron chi connectivity index (χ2n) is 6.04. The predicted octanol–water partition coefficient (Wildman–Crippen LogP) is 4.87. The third kappa shape index (κ3) is 3.30. The summed E-state index contributed by atoms with van der Waals surface area (Å²) in [4.78, 5) is 1.15. The average molecular weight is 265 g/mol. The molecule has 2 rings (SSSR count). The van der Waals surface area contributed by atoms with Gasteiger partial charge in [-0.1, -0.05) is 20.8 Å². The van der Waals surface area contributed by atoms with Crippen LogP contribution in [0, 0.1) is 11.2 Å². The summed E-state index contributed by atoms with van der Waals surface area (Å²) in [7, 11) is 0. The molecule has 1 aromatic carbocycles. The zero-order chi connectivity index (χ0) is 13.3. The van der Waals surface area contributed by atoms with E-state index in [1.807, 2.05) is 12.1 Å². The molecule has 0 saturated carbocycles. The maximum atomic E-state index is 13.1. The number of fused-ring (bicyclic) bond motifs is 1. The van der Waals surface area contributed by atoms with Gasteiger partial charge in [0, 0.05) is 15.6 Å². The van der Waals surface area contributed by atoms with Crippen LogP contribution in [-0.2, 0) is 0 Å².